The van der Waals surface area contributed by atoms with Crippen LogP contribution in [-0.4, -0.2) is 39.0 Å². The molecule has 0 bridgehead atoms. The highest BCUT2D eigenvalue weighted by molar-refractivity contribution is 5.87. The molecule has 1 fully saturated rings. The summed E-state index contributed by atoms with van der Waals surface area (Å²) in [7, 11) is 0. The molecule has 1 aromatic heterocycles. The van der Waals surface area contributed by atoms with Gasteiger partial charge >= 0.3 is 5.97 Å². The van der Waals surface area contributed by atoms with Crippen molar-refractivity contribution in [3.05, 3.63) is 53.1 Å². The van der Waals surface area contributed by atoms with Gasteiger partial charge in [-0.2, -0.15) is 0 Å². The first kappa shape index (κ1) is 17.7. The van der Waals surface area contributed by atoms with Crippen LogP contribution in [0.15, 0.2) is 30.5 Å². The van der Waals surface area contributed by atoms with Gasteiger partial charge in [0.15, 0.2) is 0 Å². The van der Waals surface area contributed by atoms with Crippen LogP contribution in [0.2, 0.25) is 0 Å². The van der Waals surface area contributed by atoms with Crippen LogP contribution in [0.3, 0.4) is 0 Å². The zero-order valence-electron chi connectivity index (χ0n) is 14.9. The average molecular weight is 341 g/mol. The van der Waals surface area contributed by atoms with E-state index in [4.69, 9.17) is 0 Å². The molecule has 0 spiro atoms. The molecule has 0 amide bonds. The number of rotatable bonds is 7. The second-order valence-electron chi connectivity index (χ2n) is 6.96. The van der Waals surface area contributed by atoms with Gasteiger partial charge in [-0.15, -0.1) is 0 Å². The number of hydrogen-bond donors (Lipinski definition) is 2. The van der Waals surface area contributed by atoms with Gasteiger partial charge in [0, 0.05) is 31.4 Å². The van der Waals surface area contributed by atoms with E-state index in [2.05, 4.69) is 27.9 Å². The lowest BCUT2D eigenvalue weighted by atomic mass is 9.89. The number of aromatic nitrogens is 2. The van der Waals surface area contributed by atoms with E-state index < -0.39 is 5.97 Å². The number of benzene rings is 1. The Morgan fingerprint density at radius 1 is 1.44 bits per heavy atom. The van der Waals surface area contributed by atoms with Crippen molar-refractivity contribution in [1.29, 1.82) is 0 Å². The van der Waals surface area contributed by atoms with Crippen molar-refractivity contribution >= 4 is 5.97 Å². The summed E-state index contributed by atoms with van der Waals surface area (Å²) in [5.41, 5.74) is 2.69. The molecule has 25 heavy (non-hydrogen) atoms. The molecule has 0 unspecified atom stereocenters. The fourth-order valence-electron chi connectivity index (χ4n) is 3.60. The van der Waals surface area contributed by atoms with E-state index in [1.807, 2.05) is 18.3 Å². The summed E-state index contributed by atoms with van der Waals surface area (Å²) < 4.78 is 0. The maximum Gasteiger partial charge on any atom is 0.335 e. The smallest absolute Gasteiger partial charge is 0.335 e. The Labute approximate surface area is 149 Å². The van der Waals surface area contributed by atoms with Crippen LogP contribution in [0.4, 0.5) is 0 Å². The summed E-state index contributed by atoms with van der Waals surface area (Å²) in [5, 5.41) is 9.20. The van der Waals surface area contributed by atoms with Gasteiger partial charge in [0.2, 0.25) is 0 Å². The first-order valence-electron chi connectivity index (χ1n) is 9.24. The van der Waals surface area contributed by atoms with Gasteiger partial charge in [-0.05, 0) is 49.4 Å². The molecule has 0 saturated carbocycles. The Morgan fingerprint density at radius 3 is 3.12 bits per heavy atom. The van der Waals surface area contributed by atoms with E-state index in [1.165, 1.54) is 18.5 Å². The number of likely N-dealkylation sites (tertiary alicyclic amines) is 1. The Kier molecular flexibility index (Phi) is 5.87. The molecule has 1 saturated heterocycles. The van der Waals surface area contributed by atoms with Gasteiger partial charge < -0.3 is 10.1 Å². The van der Waals surface area contributed by atoms with E-state index in [9.17, 15) is 9.90 Å². The van der Waals surface area contributed by atoms with Crippen LogP contribution in [0.5, 0.6) is 0 Å². The van der Waals surface area contributed by atoms with Crippen molar-refractivity contribution in [3.8, 4) is 0 Å². The maximum absolute atomic E-state index is 11.2. The van der Waals surface area contributed by atoms with Crippen molar-refractivity contribution < 1.29 is 9.90 Å². The van der Waals surface area contributed by atoms with Gasteiger partial charge in [-0.3, -0.25) is 4.90 Å². The zero-order chi connectivity index (χ0) is 17.6. The molecule has 134 valence electrons. The minimum absolute atomic E-state index is 0.378. The summed E-state index contributed by atoms with van der Waals surface area (Å²) >= 11 is 0. The Morgan fingerprint density at radius 2 is 2.32 bits per heavy atom. The normalized spacial score (nSPS) is 18.4. The van der Waals surface area contributed by atoms with Crippen LogP contribution in [0, 0.1) is 0 Å². The summed E-state index contributed by atoms with van der Waals surface area (Å²) in [6.45, 7) is 5.12. The number of aryl methyl sites for hydroxylation is 1. The molecule has 2 aromatic rings. The third kappa shape index (κ3) is 4.69. The summed E-state index contributed by atoms with van der Waals surface area (Å²) in [5.74, 6) is 0.627. The number of piperidine rings is 1. The first-order valence-corrected chi connectivity index (χ1v) is 9.24. The Balaban J connectivity index is 1.62. The third-order valence-corrected chi connectivity index (χ3v) is 4.95. The second kappa shape index (κ2) is 8.30. The Bertz CT molecular complexity index is 710. The topological polar surface area (TPSA) is 69.2 Å². The van der Waals surface area contributed by atoms with Gasteiger partial charge in [0.1, 0.15) is 5.82 Å². The molecule has 1 aliphatic heterocycles. The van der Waals surface area contributed by atoms with Gasteiger partial charge in [-0.25, -0.2) is 9.78 Å². The molecule has 2 heterocycles. The lowest BCUT2D eigenvalue weighted by molar-refractivity contribution is 0.0696. The summed E-state index contributed by atoms with van der Waals surface area (Å²) in [4.78, 5) is 21.6. The summed E-state index contributed by atoms with van der Waals surface area (Å²) in [6.07, 6.45) is 7.57. The van der Waals surface area contributed by atoms with Crippen LogP contribution in [0.1, 0.15) is 66.0 Å². The highest BCUT2D eigenvalue weighted by Crippen LogP contribution is 2.28. The summed E-state index contributed by atoms with van der Waals surface area (Å²) in [6, 6.07) is 7.40. The highest BCUT2D eigenvalue weighted by atomic mass is 16.4. The molecule has 5 nitrogen and oxygen atoms in total. The molecular weight excluding hydrogens is 314 g/mol. The predicted molar refractivity (Wildman–Crippen MR) is 97.9 cm³/mol. The van der Waals surface area contributed by atoms with Crippen molar-refractivity contribution in [2.24, 2.45) is 0 Å². The fourth-order valence-corrected chi connectivity index (χ4v) is 3.60. The Hall–Kier alpha value is -2.14. The van der Waals surface area contributed by atoms with Crippen molar-refractivity contribution in [2.75, 3.05) is 13.1 Å². The molecule has 1 aliphatic rings. The van der Waals surface area contributed by atoms with Gasteiger partial charge in [0.25, 0.3) is 0 Å². The number of carboxylic acids is 1. The molecule has 1 aromatic carbocycles. The number of carbonyl (C=O) groups is 1. The standard InChI is InChI=1S/C20H27N3O2/c1-2-3-9-19-21-12-18(22-19)14-23-10-5-8-17(13-23)15-6-4-7-16(11-15)20(24)25/h4,6-7,11-12,17H,2-3,5,8-10,13-14H2,1H3,(H,21,22)(H,24,25)/t17-/m1/s1. The lowest BCUT2D eigenvalue weighted by Crippen LogP contribution is -2.34. The molecule has 2 N–H and O–H groups in total. The number of aromatic carboxylic acids is 1. The average Bonchev–Trinajstić information content (AvgIpc) is 3.07. The number of aromatic amines is 1. The van der Waals surface area contributed by atoms with E-state index in [1.54, 1.807) is 6.07 Å². The molecule has 3 rings (SSSR count). The van der Waals surface area contributed by atoms with Crippen molar-refractivity contribution in [1.82, 2.24) is 14.9 Å². The first-order chi connectivity index (χ1) is 12.2. The molecule has 1 atom stereocenters. The highest BCUT2D eigenvalue weighted by Gasteiger charge is 2.22. The van der Waals surface area contributed by atoms with Crippen LogP contribution < -0.4 is 0 Å². The van der Waals surface area contributed by atoms with Gasteiger partial charge in [-0.1, -0.05) is 25.5 Å². The minimum Gasteiger partial charge on any atom is -0.478 e. The van der Waals surface area contributed by atoms with E-state index >= 15 is 0 Å². The van der Waals surface area contributed by atoms with E-state index in [0.29, 0.717) is 11.5 Å². The van der Waals surface area contributed by atoms with E-state index in [0.717, 1.165) is 50.3 Å². The van der Waals surface area contributed by atoms with Crippen molar-refractivity contribution in [2.45, 2.75) is 51.5 Å². The number of nitrogens with one attached hydrogen (secondary N) is 1. The molecule has 0 radical (unpaired) electrons. The van der Waals surface area contributed by atoms with Crippen LogP contribution in [0.25, 0.3) is 0 Å². The minimum atomic E-state index is -0.855. The fraction of sp³-hybridized carbons (Fsp3) is 0.500. The number of nitrogens with zero attached hydrogens (tertiary/aromatic N) is 2. The van der Waals surface area contributed by atoms with Crippen LogP contribution in [-0.2, 0) is 13.0 Å². The predicted octanol–water partition coefficient (Wildman–Crippen LogP) is 3.83. The molecule has 0 aliphatic carbocycles. The molecule has 5 heteroatoms. The number of imidazole rings is 1. The molecular formula is C20H27N3O2. The number of hydrogen-bond acceptors (Lipinski definition) is 3. The maximum atomic E-state index is 11.2. The second-order valence-corrected chi connectivity index (χ2v) is 6.96. The lowest BCUT2D eigenvalue weighted by Gasteiger charge is -2.32. The number of carboxylic acid groups (broad SMARTS) is 1. The zero-order valence-corrected chi connectivity index (χ0v) is 14.9. The largest absolute Gasteiger partial charge is 0.478 e. The van der Waals surface area contributed by atoms with Crippen molar-refractivity contribution in [3.63, 3.8) is 0 Å². The number of unbranched alkanes of at least 4 members (excludes halogenated alkanes) is 1. The van der Waals surface area contributed by atoms with Gasteiger partial charge in [0.05, 0.1) is 5.56 Å². The SMILES string of the molecule is CCCCc1ncc(CN2CCC[C@@H](c3cccc(C(=O)O)c3)C2)[nH]1. The third-order valence-electron chi connectivity index (χ3n) is 4.95. The monoisotopic (exact) mass is 341 g/mol. The quantitative estimate of drug-likeness (QED) is 0.803. The van der Waals surface area contributed by atoms with E-state index in [-0.39, 0.29) is 0 Å². The van der Waals surface area contributed by atoms with Crippen LogP contribution >= 0.6 is 0 Å². The number of H-pyrrole nitrogens is 1.